The Labute approximate surface area is 176 Å². The average Bonchev–Trinajstić information content (AvgIpc) is 3.17. The van der Waals surface area contributed by atoms with E-state index >= 15 is 0 Å². The van der Waals surface area contributed by atoms with Crippen molar-refractivity contribution < 1.29 is 14.3 Å². The van der Waals surface area contributed by atoms with Crippen molar-refractivity contribution in [3.63, 3.8) is 0 Å². The van der Waals surface area contributed by atoms with Crippen molar-refractivity contribution in [1.82, 2.24) is 14.8 Å². The van der Waals surface area contributed by atoms with Crippen molar-refractivity contribution in [2.24, 2.45) is 0 Å². The largest absolute Gasteiger partial charge is 0.497 e. The first-order chi connectivity index (χ1) is 14.0. The van der Waals surface area contributed by atoms with Crippen LogP contribution in [0.5, 0.6) is 5.75 Å². The number of nitrogens with zero attached hydrogens (tertiary/aromatic N) is 3. The molecule has 0 unspecified atom stereocenters. The number of ether oxygens (including phenoxy) is 2. The molecule has 1 N–H and O–H groups in total. The van der Waals surface area contributed by atoms with E-state index < -0.39 is 12.0 Å². The highest BCUT2D eigenvalue weighted by molar-refractivity contribution is 6.35. The fraction of sp³-hybridized carbons (Fsp3) is 0.150. The second-order valence-electron chi connectivity index (χ2n) is 6.24. The summed E-state index contributed by atoms with van der Waals surface area (Å²) in [6.07, 6.45) is 1.96. The van der Waals surface area contributed by atoms with Crippen molar-refractivity contribution >= 4 is 40.8 Å². The number of carbonyl (C=O) groups is 1. The Kier molecular flexibility index (Phi) is 5.17. The molecule has 0 radical (unpaired) electrons. The molecule has 0 saturated heterocycles. The van der Waals surface area contributed by atoms with Crippen LogP contribution in [0, 0.1) is 0 Å². The van der Waals surface area contributed by atoms with Crippen LogP contribution in [-0.2, 0) is 4.74 Å². The summed E-state index contributed by atoms with van der Waals surface area (Å²) >= 11 is 12.5. The molecule has 1 aliphatic heterocycles. The first-order valence-corrected chi connectivity index (χ1v) is 9.39. The Bertz CT molecular complexity index is 1110. The van der Waals surface area contributed by atoms with Crippen LogP contribution in [0.2, 0.25) is 10.0 Å². The zero-order valence-electron chi connectivity index (χ0n) is 15.5. The molecule has 1 aromatic heterocycles. The standard InChI is InChI=1S/C20H16Cl2N4O3/c1-28-13-6-3-11(4-7-13)16-10-17(14-8-5-12(21)9-15(14)22)26-20(23-16)24-18(25-26)19(27)29-2/h3-10,17H,1-2H3,(H,23,24,25)/t17-/m1/s1. The number of carbonyl (C=O) groups excluding carboxylic acids is 1. The SMILES string of the molecule is COC(=O)c1nc2n(n1)[C@@H](c1ccc(Cl)cc1Cl)C=C(c1ccc(OC)cc1)N2. The van der Waals surface area contributed by atoms with Crippen LogP contribution in [0.15, 0.2) is 48.5 Å². The third-order valence-corrected chi connectivity index (χ3v) is 5.08. The van der Waals surface area contributed by atoms with Gasteiger partial charge in [-0.15, -0.1) is 5.10 Å². The zero-order valence-corrected chi connectivity index (χ0v) is 17.0. The van der Waals surface area contributed by atoms with Gasteiger partial charge in [0.1, 0.15) is 11.8 Å². The fourth-order valence-corrected chi connectivity index (χ4v) is 3.59. The molecule has 0 aliphatic carbocycles. The lowest BCUT2D eigenvalue weighted by Gasteiger charge is -2.25. The maximum absolute atomic E-state index is 11.9. The molecular formula is C20H16Cl2N4O3. The van der Waals surface area contributed by atoms with E-state index in [0.717, 1.165) is 22.6 Å². The third kappa shape index (κ3) is 3.66. The fourth-order valence-electron chi connectivity index (χ4n) is 3.07. The number of methoxy groups -OCH3 is 2. The Morgan fingerprint density at radius 3 is 2.55 bits per heavy atom. The van der Waals surface area contributed by atoms with E-state index in [2.05, 4.69) is 15.4 Å². The van der Waals surface area contributed by atoms with Crippen LogP contribution in [0.1, 0.15) is 27.8 Å². The minimum Gasteiger partial charge on any atom is -0.497 e. The van der Waals surface area contributed by atoms with Crippen LogP contribution < -0.4 is 10.1 Å². The minimum atomic E-state index is -0.624. The summed E-state index contributed by atoms with van der Waals surface area (Å²) in [7, 11) is 2.90. The maximum atomic E-state index is 11.9. The summed E-state index contributed by atoms with van der Waals surface area (Å²) in [6, 6.07) is 12.4. The van der Waals surface area contributed by atoms with E-state index in [4.69, 9.17) is 32.7 Å². The number of halogens is 2. The van der Waals surface area contributed by atoms with E-state index in [1.807, 2.05) is 36.4 Å². The second kappa shape index (κ2) is 7.77. The van der Waals surface area contributed by atoms with Crippen LogP contribution in [0.3, 0.4) is 0 Å². The maximum Gasteiger partial charge on any atom is 0.378 e. The molecule has 2 aromatic carbocycles. The number of fused-ring (bicyclic) bond motifs is 1. The Balaban J connectivity index is 1.83. The molecule has 4 rings (SSSR count). The van der Waals surface area contributed by atoms with Crippen LogP contribution >= 0.6 is 23.2 Å². The van der Waals surface area contributed by atoms with Gasteiger partial charge in [-0.25, -0.2) is 9.48 Å². The Morgan fingerprint density at radius 2 is 1.90 bits per heavy atom. The third-order valence-electron chi connectivity index (χ3n) is 4.52. The van der Waals surface area contributed by atoms with Gasteiger partial charge in [0, 0.05) is 15.7 Å². The highest BCUT2D eigenvalue weighted by atomic mass is 35.5. The Hall–Kier alpha value is -3.03. The topological polar surface area (TPSA) is 78.3 Å². The van der Waals surface area contributed by atoms with Crippen molar-refractivity contribution in [3.05, 3.63) is 75.5 Å². The molecule has 0 spiro atoms. The molecule has 0 fully saturated rings. The number of hydrogen-bond acceptors (Lipinski definition) is 6. The summed E-state index contributed by atoms with van der Waals surface area (Å²) in [6.45, 7) is 0. The zero-order chi connectivity index (χ0) is 20.5. The van der Waals surface area contributed by atoms with Gasteiger partial charge in [0.2, 0.25) is 5.95 Å². The second-order valence-corrected chi connectivity index (χ2v) is 7.08. The van der Waals surface area contributed by atoms with Crippen LogP contribution in [0.4, 0.5) is 5.95 Å². The molecule has 2 heterocycles. The quantitative estimate of drug-likeness (QED) is 0.616. The molecule has 9 heteroatoms. The number of benzene rings is 2. The minimum absolute atomic E-state index is 0.0468. The molecule has 7 nitrogen and oxygen atoms in total. The first-order valence-electron chi connectivity index (χ1n) is 8.63. The summed E-state index contributed by atoms with van der Waals surface area (Å²) in [5.74, 6) is 0.475. The predicted octanol–water partition coefficient (Wildman–Crippen LogP) is 4.44. The lowest BCUT2D eigenvalue weighted by Crippen LogP contribution is -2.20. The number of nitrogens with one attached hydrogen (secondary N) is 1. The number of aromatic nitrogens is 3. The molecule has 1 atom stereocenters. The lowest BCUT2D eigenvalue weighted by atomic mass is 10.0. The molecule has 0 bridgehead atoms. The van der Waals surface area contributed by atoms with Gasteiger partial charge in [-0.1, -0.05) is 29.3 Å². The summed E-state index contributed by atoms with van der Waals surface area (Å²) in [4.78, 5) is 16.2. The number of anilines is 1. The summed E-state index contributed by atoms with van der Waals surface area (Å²) in [5.41, 5.74) is 2.47. The lowest BCUT2D eigenvalue weighted by molar-refractivity contribution is 0.0586. The number of allylic oxidation sites excluding steroid dienone is 1. The van der Waals surface area contributed by atoms with E-state index in [1.54, 1.807) is 23.9 Å². The van der Waals surface area contributed by atoms with E-state index in [-0.39, 0.29) is 5.82 Å². The smallest absolute Gasteiger partial charge is 0.378 e. The van der Waals surface area contributed by atoms with Gasteiger partial charge < -0.3 is 14.8 Å². The number of hydrogen-bond donors (Lipinski definition) is 1. The van der Waals surface area contributed by atoms with E-state index in [1.165, 1.54) is 7.11 Å². The molecule has 148 valence electrons. The molecular weight excluding hydrogens is 415 g/mol. The Morgan fingerprint density at radius 1 is 1.14 bits per heavy atom. The van der Waals surface area contributed by atoms with Crippen LogP contribution in [0.25, 0.3) is 5.70 Å². The normalized spacial score (nSPS) is 15.2. The summed E-state index contributed by atoms with van der Waals surface area (Å²) in [5, 5.41) is 8.54. The average molecular weight is 431 g/mol. The van der Waals surface area contributed by atoms with Crippen molar-refractivity contribution in [2.75, 3.05) is 19.5 Å². The van der Waals surface area contributed by atoms with Crippen molar-refractivity contribution in [3.8, 4) is 5.75 Å². The van der Waals surface area contributed by atoms with Gasteiger partial charge >= 0.3 is 5.97 Å². The molecule has 29 heavy (non-hydrogen) atoms. The van der Waals surface area contributed by atoms with Gasteiger partial charge in [0.05, 0.1) is 14.2 Å². The summed E-state index contributed by atoms with van der Waals surface area (Å²) < 4.78 is 11.6. The number of esters is 1. The van der Waals surface area contributed by atoms with E-state index in [9.17, 15) is 4.79 Å². The highest BCUT2D eigenvalue weighted by Gasteiger charge is 2.28. The number of rotatable bonds is 4. The molecule has 3 aromatic rings. The molecule has 1 aliphatic rings. The van der Waals surface area contributed by atoms with E-state index in [0.29, 0.717) is 16.0 Å². The monoisotopic (exact) mass is 430 g/mol. The van der Waals surface area contributed by atoms with Crippen molar-refractivity contribution in [2.45, 2.75) is 6.04 Å². The van der Waals surface area contributed by atoms with Crippen LogP contribution in [-0.4, -0.2) is 35.0 Å². The molecule has 0 amide bonds. The van der Waals surface area contributed by atoms with Crippen molar-refractivity contribution in [1.29, 1.82) is 0 Å². The van der Waals surface area contributed by atoms with Gasteiger partial charge in [-0.3, -0.25) is 0 Å². The molecule has 0 saturated carbocycles. The highest BCUT2D eigenvalue weighted by Crippen LogP contribution is 2.36. The van der Waals surface area contributed by atoms with Gasteiger partial charge in [-0.2, -0.15) is 4.98 Å². The predicted molar refractivity (Wildman–Crippen MR) is 111 cm³/mol. The van der Waals surface area contributed by atoms with Gasteiger partial charge in [-0.05, 0) is 53.6 Å². The first kappa shape index (κ1) is 19.3. The van der Waals surface area contributed by atoms with Gasteiger partial charge in [0.25, 0.3) is 5.82 Å². The van der Waals surface area contributed by atoms with Gasteiger partial charge in [0.15, 0.2) is 0 Å².